The van der Waals surface area contributed by atoms with Crippen LogP contribution in [0, 0.1) is 0 Å². The molecule has 0 heterocycles. The number of amides is 1. The monoisotopic (exact) mass is 472 g/mol. The molecule has 0 aliphatic heterocycles. The molecule has 6 nitrogen and oxygen atoms in total. The van der Waals surface area contributed by atoms with E-state index in [1.165, 1.54) is 25.3 Å². The normalized spacial score (nSPS) is 12.1. The number of hydrogen-bond acceptors (Lipinski definition) is 4. The molecular weight excluding hydrogens is 448 g/mol. The summed E-state index contributed by atoms with van der Waals surface area (Å²) >= 11 is 6.09. The van der Waals surface area contributed by atoms with Crippen molar-refractivity contribution < 1.29 is 17.9 Å². The molecule has 1 amide bonds. The maximum absolute atomic E-state index is 13.4. The zero-order valence-electron chi connectivity index (χ0n) is 17.9. The van der Waals surface area contributed by atoms with Crippen LogP contribution in [0.5, 0.6) is 5.75 Å². The molecule has 3 aromatic carbocycles. The fourth-order valence-corrected chi connectivity index (χ4v) is 4.77. The molecule has 8 heteroatoms. The van der Waals surface area contributed by atoms with Crippen LogP contribution in [0.1, 0.15) is 18.4 Å². The molecule has 3 aromatic rings. The molecule has 0 aromatic heterocycles. The van der Waals surface area contributed by atoms with E-state index in [9.17, 15) is 13.2 Å². The van der Waals surface area contributed by atoms with Gasteiger partial charge in [0.15, 0.2) is 0 Å². The van der Waals surface area contributed by atoms with Gasteiger partial charge in [-0.2, -0.15) is 0 Å². The van der Waals surface area contributed by atoms with Gasteiger partial charge >= 0.3 is 0 Å². The van der Waals surface area contributed by atoms with Crippen molar-refractivity contribution in [2.24, 2.45) is 0 Å². The van der Waals surface area contributed by atoms with Crippen molar-refractivity contribution in [3.8, 4) is 5.75 Å². The Hall–Kier alpha value is -3.03. The third-order valence-corrected chi connectivity index (χ3v) is 7.03. The van der Waals surface area contributed by atoms with Crippen LogP contribution in [0.2, 0.25) is 5.02 Å². The molecule has 0 saturated carbocycles. The largest absolute Gasteiger partial charge is 0.497 e. The molecule has 1 N–H and O–H groups in total. The predicted molar refractivity (Wildman–Crippen MR) is 127 cm³/mol. The van der Waals surface area contributed by atoms with Gasteiger partial charge in [-0.05, 0) is 53.9 Å². The minimum Gasteiger partial charge on any atom is -0.497 e. The second-order valence-electron chi connectivity index (χ2n) is 7.28. The standard InChI is InChI=1S/C24H25ClN2O4S/c1-18(19-7-4-3-5-8-19)16-26-24(28)17-27(21-10-6-9-20(25)15-21)32(29,30)23-13-11-22(31-2)12-14-23/h3-15,18H,16-17H2,1-2H3,(H,26,28). The summed E-state index contributed by atoms with van der Waals surface area (Å²) in [6.45, 7) is 2.00. The molecule has 1 unspecified atom stereocenters. The Morgan fingerprint density at radius 3 is 2.34 bits per heavy atom. The minimum absolute atomic E-state index is 0.0451. The van der Waals surface area contributed by atoms with Crippen LogP contribution < -0.4 is 14.4 Å². The minimum atomic E-state index is -4.02. The number of nitrogens with zero attached hydrogens (tertiary/aromatic N) is 1. The van der Waals surface area contributed by atoms with Gasteiger partial charge in [0.1, 0.15) is 12.3 Å². The van der Waals surface area contributed by atoms with Gasteiger partial charge in [0.05, 0.1) is 17.7 Å². The summed E-state index contributed by atoms with van der Waals surface area (Å²) < 4.78 is 33.0. The number of rotatable bonds is 9. The van der Waals surface area contributed by atoms with E-state index < -0.39 is 15.9 Å². The zero-order valence-corrected chi connectivity index (χ0v) is 19.4. The highest BCUT2D eigenvalue weighted by Crippen LogP contribution is 2.27. The molecule has 3 rings (SSSR count). The fourth-order valence-electron chi connectivity index (χ4n) is 3.17. The predicted octanol–water partition coefficient (Wildman–Crippen LogP) is 4.46. The first-order chi connectivity index (χ1) is 15.3. The molecule has 32 heavy (non-hydrogen) atoms. The van der Waals surface area contributed by atoms with Crippen LogP contribution in [0.15, 0.2) is 83.8 Å². The number of carbonyl (C=O) groups excluding carboxylic acids is 1. The molecule has 0 aliphatic rings. The lowest BCUT2D eigenvalue weighted by molar-refractivity contribution is -0.119. The number of ether oxygens (including phenoxy) is 1. The van der Waals surface area contributed by atoms with Crippen molar-refractivity contribution in [1.82, 2.24) is 5.32 Å². The summed E-state index contributed by atoms with van der Waals surface area (Å²) in [5, 5.41) is 3.21. The van der Waals surface area contributed by atoms with E-state index >= 15 is 0 Å². The van der Waals surface area contributed by atoms with Gasteiger partial charge < -0.3 is 10.1 Å². The molecule has 0 radical (unpaired) electrons. The zero-order chi connectivity index (χ0) is 23.1. The van der Waals surface area contributed by atoms with Crippen molar-refractivity contribution in [3.05, 3.63) is 89.4 Å². The highest BCUT2D eigenvalue weighted by Gasteiger charge is 2.27. The third kappa shape index (κ3) is 5.81. The smallest absolute Gasteiger partial charge is 0.264 e. The van der Waals surface area contributed by atoms with Crippen molar-refractivity contribution in [1.29, 1.82) is 0 Å². The van der Waals surface area contributed by atoms with Gasteiger partial charge in [-0.3, -0.25) is 9.10 Å². The average Bonchev–Trinajstić information content (AvgIpc) is 2.81. The summed E-state index contributed by atoms with van der Waals surface area (Å²) in [7, 11) is -2.52. The summed E-state index contributed by atoms with van der Waals surface area (Å²) in [4.78, 5) is 12.8. The van der Waals surface area contributed by atoms with Crippen LogP contribution in [0.3, 0.4) is 0 Å². The maximum atomic E-state index is 13.4. The lowest BCUT2D eigenvalue weighted by atomic mass is 10.0. The van der Waals surface area contributed by atoms with Crippen LogP contribution in [0.4, 0.5) is 5.69 Å². The number of nitrogens with one attached hydrogen (secondary N) is 1. The molecule has 168 valence electrons. The third-order valence-electron chi connectivity index (χ3n) is 5.00. The lowest BCUT2D eigenvalue weighted by Crippen LogP contribution is -2.41. The van der Waals surface area contributed by atoms with E-state index in [-0.39, 0.29) is 17.4 Å². The number of halogens is 1. The first-order valence-electron chi connectivity index (χ1n) is 10.1. The molecule has 1 atom stereocenters. The highest BCUT2D eigenvalue weighted by molar-refractivity contribution is 7.92. The summed E-state index contributed by atoms with van der Waals surface area (Å²) in [5.41, 5.74) is 1.39. The van der Waals surface area contributed by atoms with E-state index in [1.54, 1.807) is 30.3 Å². The van der Waals surface area contributed by atoms with Gasteiger partial charge in [0, 0.05) is 11.6 Å². The van der Waals surface area contributed by atoms with Gasteiger partial charge in [-0.15, -0.1) is 0 Å². The van der Waals surface area contributed by atoms with E-state index in [4.69, 9.17) is 16.3 Å². The molecule has 0 aliphatic carbocycles. The number of benzene rings is 3. The fraction of sp³-hybridized carbons (Fsp3) is 0.208. The number of anilines is 1. The molecule has 0 saturated heterocycles. The van der Waals surface area contributed by atoms with Crippen LogP contribution in [0.25, 0.3) is 0 Å². The first-order valence-corrected chi connectivity index (χ1v) is 11.9. The molecule has 0 fully saturated rings. The number of carbonyl (C=O) groups is 1. The Bertz CT molecular complexity index is 1150. The Kier molecular flexibility index (Phi) is 7.77. The molecule has 0 spiro atoms. The lowest BCUT2D eigenvalue weighted by Gasteiger charge is -2.25. The molecular formula is C24H25ClN2O4S. The summed E-state index contributed by atoms with van der Waals surface area (Å²) in [5.74, 6) is 0.203. The van der Waals surface area contributed by atoms with Crippen molar-refractivity contribution in [3.63, 3.8) is 0 Å². The molecule has 0 bridgehead atoms. The van der Waals surface area contributed by atoms with Gasteiger partial charge in [0.2, 0.25) is 5.91 Å². The topological polar surface area (TPSA) is 75.7 Å². The van der Waals surface area contributed by atoms with E-state index in [0.29, 0.717) is 23.0 Å². The number of sulfonamides is 1. The number of hydrogen-bond donors (Lipinski definition) is 1. The Labute approximate surface area is 193 Å². The Balaban J connectivity index is 1.82. The highest BCUT2D eigenvalue weighted by atomic mass is 35.5. The van der Waals surface area contributed by atoms with E-state index in [1.807, 2.05) is 37.3 Å². The number of methoxy groups -OCH3 is 1. The van der Waals surface area contributed by atoms with Crippen LogP contribution >= 0.6 is 11.6 Å². The van der Waals surface area contributed by atoms with Crippen molar-refractivity contribution in [2.75, 3.05) is 24.5 Å². The van der Waals surface area contributed by atoms with E-state index in [2.05, 4.69) is 5.32 Å². The van der Waals surface area contributed by atoms with E-state index in [0.717, 1.165) is 9.87 Å². The summed E-state index contributed by atoms with van der Waals surface area (Å²) in [6.07, 6.45) is 0. The Morgan fingerprint density at radius 1 is 1.03 bits per heavy atom. The first kappa shape index (κ1) is 23.6. The summed E-state index contributed by atoms with van der Waals surface area (Å²) in [6, 6.07) is 22.2. The Morgan fingerprint density at radius 2 is 1.72 bits per heavy atom. The van der Waals surface area contributed by atoms with Crippen LogP contribution in [-0.2, 0) is 14.8 Å². The maximum Gasteiger partial charge on any atom is 0.264 e. The van der Waals surface area contributed by atoms with Crippen molar-refractivity contribution in [2.45, 2.75) is 17.7 Å². The quantitative estimate of drug-likeness (QED) is 0.498. The van der Waals surface area contributed by atoms with Crippen LogP contribution in [-0.4, -0.2) is 34.5 Å². The second-order valence-corrected chi connectivity index (χ2v) is 9.58. The van der Waals surface area contributed by atoms with Gasteiger partial charge in [0.25, 0.3) is 10.0 Å². The second kappa shape index (κ2) is 10.5. The van der Waals surface area contributed by atoms with Crippen molar-refractivity contribution >= 4 is 33.2 Å². The van der Waals surface area contributed by atoms with Gasteiger partial charge in [-0.25, -0.2) is 8.42 Å². The SMILES string of the molecule is COc1ccc(S(=O)(=O)N(CC(=O)NCC(C)c2ccccc2)c2cccc(Cl)c2)cc1. The average molecular weight is 473 g/mol. The van der Waals surface area contributed by atoms with Gasteiger partial charge in [-0.1, -0.05) is 54.9 Å².